The van der Waals surface area contributed by atoms with E-state index in [2.05, 4.69) is 22.1 Å². The normalized spacial score (nSPS) is 12.7. The van der Waals surface area contributed by atoms with Gasteiger partial charge in [0.15, 0.2) is 0 Å². The Balaban J connectivity index is 1.84. The number of hydrogen-bond acceptors (Lipinski definition) is 2. The minimum Gasteiger partial charge on any atom is -0.336 e. The van der Waals surface area contributed by atoms with Crippen LogP contribution in [0.3, 0.4) is 0 Å². The fourth-order valence-electron chi connectivity index (χ4n) is 2.51. The second-order valence-electron chi connectivity index (χ2n) is 6.29. The van der Waals surface area contributed by atoms with Crippen LogP contribution in [0.2, 0.25) is 0 Å². The number of carbonyl (C=O) groups is 1. The first-order valence-corrected chi connectivity index (χ1v) is 8.46. The zero-order valence-corrected chi connectivity index (χ0v) is 14.7. The van der Waals surface area contributed by atoms with E-state index in [4.69, 9.17) is 0 Å². The summed E-state index contributed by atoms with van der Waals surface area (Å²) in [5.41, 5.74) is 0.851. The van der Waals surface area contributed by atoms with Crippen LogP contribution in [0.5, 0.6) is 0 Å². The number of nitrogens with one attached hydrogen (secondary N) is 1. The van der Waals surface area contributed by atoms with Gasteiger partial charge in [-0.15, -0.1) is 0 Å². The first kappa shape index (κ1) is 17.6. The van der Waals surface area contributed by atoms with Crippen molar-refractivity contribution in [3.8, 4) is 11.8 Å². The maximum atomic E-state index is 13.7. The van der Waals surface area contributed by atoms with Gasteiger partial charge in [0.25, 0.3) is 5.91 Å². The fourth-order valence-corrected chi connectivity index (χ4v) is 2.51. The van der Waals surface area contributed by atoms with E-state index in [1.807, 2.05) is 44.2 Å². The van der Waals surface area contributed by atoms with Gasteiger partial charge in [-0.3, -0.25) is 9.78 Å². The molecule has 4 heteroatoms. The van der Waals surface area contributed by atoms with Crippen LogP contribution >= 0.6 is 0 Å². The van der Waals surface area contributed by atoms with Crippen LogP contribution in [0, 0.1) is 17.7 Å². The third kappa shape index (κ3) is 3.89. The van der Waals surface area contributed by atoms with Gasteiger partial charge in [0, 0.05) is 17.1 Å². The summed E-state index contributed by atoms with van der Waals surface area (Å²) in [7, 11) is 0. The van der Waals surface area contributed by atoms with E-state index in [9.17, 15) is 9.18 Å². The Hall–Kier alpha value is -3.19. The fraction of sp³-hybridized carbons (Fsp3) is 0.182. The van der Waals surface area contributed by atoms with E-state index in [1.54, 1.807) is 18.2 Å². The summed E-state index contributed by atoms with van der Waals surface area (Å²) in [4.78, 5) is 16.7. The number of rotatable bonds is 3. The molecule has 130 valence electrons. The minimum atomic E-state index is -0.677. The summed E-state index contributed by atoms with van der Waals surface area (Å²) < 4.78 is 13.7. The lowest BCUT2D eigenvalue weighted by molar-refractivity contribution is 0.0923. The van der Waals surface area contributed by atoms with Gasteiger partial charge < -0.3 is 5.32 Å². The van der Waals surface area contributed by atoms with Crippen LogP contribution in [0.25, 0.3) is 10.9 Å². The molecule has 0 saturated heterocycles. The van der Waals surface area contributed by atoms with Crippen molar-refractivity contribution in [1.29, 1.82) is 0 Å². The number of fused-ring (bicyclic) bond motifs is 1. The first-order valence-electron chi connectivity index (χ1n) is 8.46. The molecule has 0 spiro atoms. The average Bonchev–Trinajstić information content (AvgIpc) is 2.67. The number of para-hydroxylation sites is 1. The second kappa shape index (κ2) is 7.37. The van der Waals surface area contributed by atoms with Crippen LogP contribution in [0.1, 0.15) is 36.2 Å². The van der Waals surface area contributed by atoms with Crippen molar-refractivity contribution >= 4 is 16.8 Å². The summed E-state index contributed by atoms with van der Waals surface area (Å²) in [6.07, 6.45) is 2.04. The molecule has 0 fully saturated rings. The van der Waals surface area contributed by atoms with E-state index < -0.39 is 11.4 Å². The van der Waals surface area contributed by atoms with E-state index in [0.29, 0.717) is 17.4 Å². The Labute approximate surface area is 152 Å². The summed E-state index contributed by atoms with van der Waals surface area (Å²) in [6.45, 7) is 3.85. The molecule has 2 aromatic carbocycles. The van der Waals surface area contributed by atoms with Crippen molar-refractivity contribution in [2.24, 2.45) is 0 Å². The van der Waals surface area contributed by atoms with Crippen molar-refractivity contribution in [1.82, 2.24) is 10.3 Å². The van der Waals surface area contributed by atoms with Gasteiger partial charge in [-0.05, 0) is 37.6 Å². The Morgan fingerprint density at radius 2 is 1.96 bits per heavy atom. The van der Waals surface area contributed by atoms with Crippen LogP contribution in [-0.2, 0) is 0 Å². The van der Waals surface area contributed by atoms with Gasteiger partial charge in [-0.2, -0.15) is 0 Å². The number of pyridine rings is 1. The number of aromatic nitrogens is 1. The molecular formula is C22H19FN2O. The van der Waals surface area contributed by atoms with E-state index in [-0.39, 0.29) is 11.4 Å². The number of hydrogen-bond donors (Lipinski definition) is 1. The second-order valence-corrected chi connectivity index (χ2v) is 6.29. The Kier molecular flexibility index (Phi) is 4.99. The molecule has 3 aromatic rings. The molecule has 1 amide bonds. The summed E-state index contributed by atoms with van der Waals surface area (Å²) >= 11 is 0. The highest BCUT2D eigenvalue weighted by Gasteiger charge is 2.23. The van der Waals surface area contributed by atoms with Crippen molar-refractivity contribution < 1.29 is 9.18 Å². The van der Waals surface area contributed by atoms with E-state index in [0.717, 1.165) is 5.56 Å². The molecule has 1 N–H and O–H groups in total. The molecular weight excluding hydrogens is 327 g/mol. The zero-order valence-electron chi connectivity index (χ0n) is 14.7. The van der Waals surface area contributed by atoms with Gasteiger partial charge in [-0.25, -0.2) is 4.39 Å². The molecule has 0 aliphatic carbocycles. The van der Waals surface area contributed by atoms with Crippen LogP contribution in [-0.4, -0.2) is 16.4 Å². The lowest BCUT2D eigenvalue weighted by atomic mass is 9.98. The number of nitrogens with zero attached hydrogens (tertiary/aromatic N) is 1. The molecule has 1 unspecified atom stereocenters. The Morgan fingerprint density at radius 1 is 1.19 bits per heavy atom. The standard InChI is InChI=1S/C22H19FN2O/c1-3-22(2,13-12-16-8-5-4-6-9-16)25-21(26)18-14-17-10-7-11-19(23)20(17)24-15-18/h4-11,14-15H,3H2,1-2H3,(H,25,26). The van der Waals surface area contributed by atoms with Crippen molar-refractivity contribution in [2.45, 2.75) is 25.8 Å². The largest absolute Gasteiger partial charge is 0.336 e. The Bertz CT molecular complexity index is 1000. The molecule has 3 nitrogen and oxygen atoms in total. The lowest BCUT2D eigenvalue weighted by Crippen LogP contribution is -2.44. The number of carbonyl (C=O) groups excluding carboxylic acids is 1. The van der Waals surface area contributed by atoms with Gasteiger partial charge in [0.05, 0.1) is 11.1 Å². The summed E-state index contributed by atoms with van der Waals surface area (Å²) in [6, 6.07) is 15.9. The number of halogens is 1. The molecule has 1 atom stereocenters. The van der Waals surface area contributed by atoms with Crippen LogP contribution < -0.4 is 5.32 Å². The quantitative estimate of drug-likeness (QED) is 0.718. The highest BCUT2D eigenvalue weighted by atomic mass is 19.1. The molecule has 0 radical (unpaired) electrons. The molecule has 1 aromatic heterocycles. The summed E-state index contributed by atoms with van der Waals surface area (Å²) in [5, 5.41) is 3.55. The number of benzene rings is 2. The summed E-state index contributed by atoms with van der Waals surface area (Å²) in [5.74, 6) is 5.56. The minimum absolute atomic E-state index is 0.256. The highest BCUT2D eigenvalue weighted by Crippen LogP contribution is 2.17. The maximum absolute atomic E-state index is 13.7. The van der Waals surface area contributed by atoms with E-state index in [1.165, 1.54) is 12.3 Å². The average molecular weight is 346 g/mol. The maximum Gasteiger partial charge on any atom is 0.254 e. The zero-order chi connectivity index (χ0) is 18.6. The molecule has 0 aliphatic rings. The predicted molar refractivity (Wildman–Crippen MR) is 101 cm³/mol. The molecule has 0 saturated carbocycles. The van der Waals surface area contributed by atoms with Gasteiger partial charge >= 0.3 is 0 Å². The smallest absolute Gasteiger partial charge is 0.254 e. The predicted octanol–water partition coefficient (Wildman–Crippen LogP) is 4.32. The molecule has 1 heterocycles. The Morgan fingerprint density at radius 3 is 2.69 bits per heavy atom. The van der Waals surface area contributed by atoms with Gasteiger partial charge in [-0.1, -0.05) is 49.1 Å². The molecule has 0 aliphatic heterocycles. The SMILES string of the molecule is CCC(C)(C#Cc1ccccc1)NC(=O)c1cnc2c(F)cccc2c1. The first-order chi connectivity index (χ1) is 12.5. The molecule has 0 bridgehead atoms. The highest BCUT2D eigenvalue weighted by molar-refractivity contribution is 5.97. The van der Waals surface area contributed by atoms with Crippen molar-refractivity contribution in [3.05, 3.63) is 77.7 Å². The third-order valence-corrected chi connectivity index (χ3v) is 4.28. The number of amides is 1. The van der Waals surface area contributed by atoms with E-state index >= 15 is 0 Å². The van der Waals surface area contributed by atoms with Crippen molar-refractivity contribution in [2.75, 3.05) is 0 Å². The third-order valence-electron chi connectivity index (χ3n) is 4.28. The van der Waals surface area contributed by atoms with Crippen molar-refractivity contribution in [3.63, 3.8) is 0 Å². The van der Waals surface area contributed by atoms with Gasteiger partial charge in [0.1, 0.15) is 11.3 Å². The monoisotopic (exact) mass is 346 g/mol. The van der Waals surface area contributed by atoms with Crippen LogP contribution in [0.4, 0.5) is 4.39 Å². The van der Waals surface area contributed by atoms with Gasteiger partial charge in [0.2, 0.25) is 0 Å². The topological polar surface area (TPSA) is 42.0 Å². The van der Waals surface area contributed by atoms with Crippen LogP contribution in [0.15, 0.2) is 60.8 Å². The lowest BCUT2D eigenvalue weighted by Gasteiger charge is -2.23. The molecule has 3 rings (SSSR count). The molecule has 26 heavy (non-hydrogen) atoms.